The molecule has 0 spiro atoms. The molecule has 0 aromatic heterocycles. The molecule has 9 nitrogen and oxygen atoms in total. The molecule has 5 rings (SSSR count). The molecule has 238 valence electrons. The summed E-state index contributed by atoms with van der Waals surface area (Å²) in [7, 11) is 0. The molecule has 0 aliphatic carbocycles. The summed E-state index contributed by atoms with van der Waals surface area (Å²) in [6.07, 6.45) is 4.31. The maximum absolute atomic E-state index is 12.7. The van der Waals surface area contributed by atoms with E-state index in [-0.39, 0.29) is 23.8 Å². The molecule has 10 heteroatoms. The largest absolute Gasteiger partial charge is 0.423 e. The van der Waals surface area contributed by atoms with Gasteiger partial charge in [0.15, 0.2) is 0 Å². The fourth-order valence-corrected chi connectivity index (χ4v) is 4.62. The van der Waals surface area contributed by atoms with E-state index in [0.717, 1.165) is 10.0 Å². The highest BCUT2D eigenvalue weighted by atomic mass is 79.9. The van der Waals surface area contributed by atoms with Crippen LogP contribution in [0.2, 0.25) is 0 Å². The summed E-state index contributed by atoms with van der Waals surface area (Å²) in [5, 5.41) is 6.82. The Morgan fingerprint density at radius 2 is 1.27 bits per heavy atom. The van der Waals surface area contributed by atoms with Crippen LogP contribution in [0.4, 0.5) is 5.69 Å². The molecule has 5 aromatic rings. The van der Waals surface area contributed by atoms with Crippen molar-refractivity contribution in [1.29, 1.82) is 0 Å². The molecule has 0 saturated heterocycles. The van der Waals surface area contributed by atoms with Gasteiger partial charge in [-0.3, -0.25) is 9.59 Å². The van der Waals surface area contributed by atoms with Crippen molar-refractivity contribution in [3.63, 3.8) is 0 Å². The molecule has 0 atom stereocenters. The third-order valence-electron chi connectivity index (χ3n) is 6.74. The Labute approximate surface area is 285 Å². The highest BCUT2D eigenvalue weighted by Gasteiger charge is 2.12. The monoisotopic (exact) mass is 701 g/mol. The van der Waals surface area contributed by atoms with Gasteiger partial charge in [-0.15, -0.1) is 0 Å². The Kier molecular flexibility index (Phi) is 11.4. The SMILES string of the molecule is O=C(Cc1ccccc1)Nc1ccc(C(=O)N/N=C/c2ccccc2OC(=O)/C=C/c2ccccc2OC(=O)c2ccc(Br)cc2)cc1. The smallest absolute Gasteiger partial charge is 0.343 e. The van der Waals surface area contributed by atoms with Crippen LogP contribution in [0.3, 0.4) is 0 Å². The van der Waals surface area contributed by atoms with Crippen LogP contribution in [-0.4, -0.2) is 30.0 Å². The summed E-state index contributed by atoms with van der Waals surface area (Å²) in [6.45, 7) is 0. The van der Waals surface area contributed by atoms with Crippen LogP contribution in [0.15, 0.2) is 143 Å². The van der Waals surface area contributed by atoms with Gasteiger partial charge >= 0.3 is 11.9 Å². The standard InChI is InChI=1S/C38H28BrN3O6/c39-31-19-14-29(15-20-31)38(46)48-33-12-6-4-10-27(33)18-23-36(44)47-34-13-7-5-11-30(34)25-40-42-37(45)28-16-21-32(22-17-28)41-35(43)24-26-8-2-1-3-9-26/h1-23,25H,24H2,(H,41,43)(H,42,45)/b23-18+,40-25+. The first kappa shape index (κ1) is 33.2. The van der Waals surface area contributed by atoms with Gasteiger partial charge in [0.1, 0.15) is 11.5 Å². The predicted octanol–water partition coefficient (Wildman–Crippen LogP) is 7.23. The molecule has 2 amide bonds. The predicted molar refractivity (Wildman–Crippen MR) is 187 cm³/mol. The van der Waals surface area contributed by atoms with Crippen molar-refractivity contribution >= 4 is 57.7 Å². The van der Waals surface area contributed by atoms with E-state index in [2.05, 4.69) is 31.8 Å². The van der Waals surface area contributed by atoms with Gasteiger partial charge < -0.3 is 14.8 Å². The van der Waals surface area contributed by atoms with Gasteiger partial charge in [-0.05, 0) is 78.4 Å². The number of hydrogen-bond acceptors (Lipinski definition) is 7. The number of nitrogens with one attached hydrogen (secondary N) is 2. The van der Waals surface area contributed by atoms with Gasteiger partial charge in [0.2, 0.25) is 5.91 Å². The first-order valence-electron chi connectivity index (χ1n) is 14.7. The third kappa shape index (κ3) is 9.68. The molecule has 0 saturated carbocycles. The zero-order valence-corrected chi connectivity index (χ0v) is 26.9. The van der Waals surface area contributed by atoms with Gasteiger partial charge in [0.25, 0.3) is 5.91 Å². The molecule has 0 aliphatic rings. The lowest BCUT2D eigenvalue weighted by molar-refractivity contribution is -0.129. The Morgan fingerprint density at radius 1 is 0.667 bits per heavy atom. The maximum Gasteiger partial charge on any atom is 0.343 e. The number of carbonyl (C=O) groups is 4. The zero-order valence-electron chi connectivity index (χ0n) is 25.3. The van der Waals surface area contributed by atoms with Crippen molar-refractivity contribution in [2.24, 2.45) is 5.10 Å². The van der Waals surface area contributed by atoms with E-state index in [4.69, 9.17) is 9.47 Å². The number of benzene rings is 5. The Hall–Kier alpha value is -6.13. The lowest BCUT2D eigenvalue weighted by Gasteiger charge is -2.08. The minimum absolute atomic E-state index is 0.166. The van der Waals surface area contributed by atoms with Crippen LogP contribution in [-0.2, 0) is 16.0 Å². The topological polar surface area (TPSA) is 123 Å². The van der Waals surface area contributed by atoms with Gasteiger partial charge in [-0.25, -0.2) is 15.0 Å². The molecule has 0 aliphatic heterocycles. The molecular formula is C38H28BrN3O6. The number of hydrazone groups is 1. The summed E-state index contributed by atoms with van der Waals surface area (Å²) in [6, 6.07) is 36.1. The maximum atomic E-state index is 12.7. The minimum Gasteiger partial charge on any atom is -0.423 e. The lowest BCUT2D eigenvalue weighted by atomic mass is 10.1. The number of carbonyl (C=O) groups excluding carboxylic acids is 4. The molecule has 0 radical (unpaired) electrons. The number of nitrogens with zero attached hydrogens (tertiary/aromatic N) is 1. The number of rotatable bonds is 11. The van der Waals surface area contributed by atoms with Crippen molar-refractivity contribution in [2.45, 2.75) is 6.42 Å². The molecule has 2 N–H and O–H groups in total. The Morgan fingerprint density at radius 3 is 1.98 bits per heavy atom. The molecule has 5 aromatic carbocycles. The number of anilines is 1. The second kappa shape index (κ2) is 16.4. The van der Waals surface area contributed by atoms with Crippen molar-refractivity contribution in [3.8, 4) is 11.5 Å². The van der Waals surface area contributed by atoms with Crippen LogP contribution in [0.25, 0.3) is 6.08 Å². The number of ether oxygens (including phenoxy) is 2. The van der Waals surface area contributed by atoms with Gasteiger partial charge in [0, 0.05) is 32.9 Å². The number of amides is 2. The zero-order chi connectivity index (χ0) is 33.7. The number of para-hydroxylation sites is 2. The van der Waals surface area contributed by atoms with Gasteiger partial charge in [-0.2, -0.15) is 5.10 Å². The van der Waals surface area contributed by atoms with Crippen molar-refractivity contribution in [1.82, 2.24) is 5.43 Å². The normalized spacial score (nSPS) is 10.9. The summed E-state index contributed by atoms with van der Waals surface area (Å²) < 4.78 is 11.9. The second-order valence-electron chi connectivity index (χ2n) is 10.2. The number of halogens is 1. The van der Waals surface area contributed by atoms with Crippen LogP contribution >= 0.6 is 15.9 Å². The fraction of sp³-hybridized carbons (Fsp3) is 0.0263. The Balaban J connectivity index is 1.15. The molecule has 0 bridgehead atoms. The molecule has 0 heterocycles. The van der Waals surface area contributed by atoms with Crippen LogP contribution in [0.1, 0.15) is 37.4 Å². The number of esters is 2. The van der Waals surface area contributed by atoms with E-state index in [9.17, 15) is 19.2 Å². The molecule has 48 heavy (non-hydrogen) atoms. The lowest BCUT2D eigenvalue weighted by Crippen LogP contribution is -2.18. The first-order chi connectivity index (χ1) is 23.3. The quantitative estimate of drug-likeness (QED) is 0.0493. The summed E-state index contributed by atoms with van der Waals surface area (Å²) in [4.78, 5) is 50.3. The fourth-order valence-electron chi connectivity index (χ4n) is 4.35. The van der Waals surface area contributed by atoms with E-state index in [0.29, 0.717) is 27.9 Å². The van der Waals surface area contributed by atoms with E-state index >= 15 is 0 Å². The van der Waals surface area contributed by atoms with Crippen LogP contribution in [0.5, 0.6) is 11.5 Å². The van der Waals surface area contributed by atoms with Gasteiger partial charge in [-0.1, -0.05) is 76.6 Å². The summed E-state index contributed by atoms with van der Waals surface area (Å²) in [5.74, 6) is -1.35. The molecular weight excluding hydrogens is 674 g/mol. The Bertz CT molecular complexity index is 1970. The minimum atomic E-state index is -0.676. The summed E-state index contributed by atoms with van der Waals surface area (Å²) >= 11 is 3.34. The number of hydrogen-bond donors (Lipinski definition) is 2. The highest BCUT2D eigenvalue weighted by Crippen LogP contribution is 2.22. The van der Waals surface area contributed by atoms with Crippen molar-refractivity contribution in [3.05, 3.63) is 166 Å². The van der Waals surface area contributed by atoms with Crippen LogP contribution in [0, 0.1) is 0 Å². The molecule has 0 unspecified atom stereocenters. The van der Waals surface area contributed by atoms with E-state index < -0.39 is 17.8 Å². The van der Waals surface area contributed by atoms with Crippen molar-refractivity contribution < 1.29 is 28.7 Å². The average molecular weight is 703 g/mol. The van der Waals surface area contributed by atoms with Crippen molar-refractivity contribution in [2.75, 3.05) is 5.32 Å². The van der Waals surface area contributed by atoms with E-state index in [1.165, 1.54) is 18.4 Å². The second-order valence-corrected chi connectivity index (χ2v) is 11.1. The molecule has 0 fully saturated rings. The van der Waals surface area contributed by atoms with Gasteiger partial charge in [0.05, 0.1) is 18.2 Å². The first-order valence-corrected chi connectivity index (χ1v) is 15.5. The third-order valence-corrected chi connectivity index (χ3v) is 7.27. The highest BCUT2D eigenvalue weighted by molar-refractivity contribution is 9.10. The van der Waals surface area contributed by atoms with E-state index in [1.807, 2.05) is 30.3 Å². The summed E-state index contributed by atoms with van der Waals surface area (Å²) in [5.41, 5.74) is 5.57. The average Bonchev–Trinajstić information content (AvgIpc) is 3.09. The van der Waals surface area contributed by atoms with E-state index in [1.54, 1.807) is 97.1 Å². The van der Waals surface area contributed by atoms with Crippen LogP contribution < -0.4 is 20.2 Å².